The van der Waals surface area contributed by atoms with Crippen molar-refractivity contribution in [1.82, 2.24) is 5.31 Å². The first kappa shape index (κ1) is 4.59. The van der Waals surface area contributed by atoms with Gasteiger partial charge in [-0.15, -0.1) is 0 Å². The zero-order valence-corrected chi connectivity index (χ0v) is 4.38. The van der Waals surface area contributed by atoms with E-state index in [9.17, 15) is 4.79 Å². The van der Waals surface area contributed by atoms with Crippen LogP contribution < -0.4 is 5.31 Å². The summed E-state index contributed by atoms with van der Waals surface area (Å²) in [6.45, 7) is 1.45. The maximum atomic E-state index is 9.98. The summed E-state index contributed by atoms with van der Waals surface area (Å²) in [4.78, 5) is 9.98. The van der Waals surface area contributed by atoms with E-state index in [1.807, 2.05) is 0 Å². The summed E-state index contributed by atoms with van der Waals surface area (Å²) in [5.41, 5.74) is 0. The van der Waals surface area contributed by atoms with E-state index in [-0.39, 0.29) is 0 Å². The number of hydrogen-bond donors (Lipinski definition) is 2. The van der Waals surface area contributed by atoms with Crippen molar-refractivity contribution >= 4 is 5.97 Å². The van der Waals surface area contributed by atoms with Crippen molar-refractivity contribution in [3.63, 3.8) is 0 Å². The van der Waals surface area contributed by atoms with Crippen molar-refractivity contribution in [1.29, 1.82) is 0 Å². The summed E-state index contributed by atoms with van der Waals surface area (Å²) in [6, 6.07) is -0.713. The molecule has 0 radical (unpaired) electrons. The maximum Gasteiger partial charge on any atom is 0.320 e. The molecule has 0 aliphatic rings. The summed E-state index contributed by atoms with van der Waals surface area (Å²) in [7, 11) is 1.40. The van der Waals surface area contributed by atoms with Crippen LogP contribution in [0, 0.1) is 0 Å². The summed E-state index contributed by atoms with van der Waals surface area (Å²) in [6.07, 6.45) is 0. The largest absolute Gasteiger partial charge is 0.480 e. The summed E-state index contributed by atoms with van der Waals surface area (Å²) < 4.78 is 6.77. The smallest absolute Gasteiger partial charge is 0.320 e. The number of aliphatic carboxylic acids is 1. The van der Waals surface area contributed by atoms with E-state index < -0.39 is 12.0 Å². The van der Waals surface area contributed by atoms with Crippen molar-refractivity contribution in [2.24, 2.45) is 0 Å². The van der Waals surface area contributed by atoms with Crippen LogP contribution in [0.4, 0.5) is 0 Å². The molecular formula is C4H9NO2. The highest BCUT2D eigenvalue weighted by Gasteiger charge is 2.04. The Kier molecular flexibility index (Phi) is 1.69. The highest BCUT2D eigenvalue weighted by atomic mass is 16.4. The molecule has 0 spiro atoms. The van der Waals surface area contributed by atoms with E-state index in [4.69, 9.17) is 6.52 Å². The van der Waals surface area contributed by atoms with Crippen molar-refractivity contribution in [2.75, 3.05) is 7.05 Å². The maximum absolute atomic E-state index is 9.98. The predicted molar refractivity (Wildman–Crippen MR) is 26.2 cm³/mol. The molecule has 0 saturated carbocycles. The van der Waals surface area contributed by atoms with Crippen LogP contribution in [0.2, 0.25) is 1.41 Å². The molecule has 0 heterocycles. The molecule has 0 aromatic rings. The minimum absolute atomic E-state index is 0.713. The van der Waals surface area contributed by atoms with Crippen molar-refractivity contribution < 1.29 is 11.3 Å². The number of carbonyl (C=O) groups is 1. The van der Waals surface area contributed by atoms with Crippen LogP contribution in [0.3, 0.4) is 0 Å². The molecule has 42 valence electrons. The molecule has 0 aliphatic heterocycles. The lowest BCUT2D eigenvalue weighted by molar-refractivity contribution is -0.138. The van der Waals surface area contributed by atoms with Crippen LogP contribution in [0.25, 0.3) is 0 Å². The topological polar surface area (TPSA) is 49.3 Å². The molecule has 0 aliphatic carbocycles. The lowest BCUT2D eigenvalue weighted by Gasteiger charge is -1.99. The van der Waals surface area contributed by atoms with E-state index in [0.29, 0.717) is 0 Å². The van der Waals surface area contributed by atoms with Gasteiger partial charge >= 0.3 is 5.97 Å². The molecule has 0 saturated heterocycles. The number of hydrogen-bond acceptors (Lipinski definition) is 2. The average molecular weight is 104 g/mol. The molecule has 0 aromatic carbocycles. The highest BCUT2D eigenvalue weighted by molar-refractivity contribution is 5.72. The third-order valence-corrected chi connectivity index (χ3v) is 0.745. The number of carboxylic acids is 1. The summed E-state index contributed by atoms with van der Waals surface area (Å²) in [5, 5.41) is 9.08. The molecular weight excluding hydrogens is 94.0 g/mol. The summed E-state index contributed by atoms with van der Waals surface area (Å²) >= 11 is 0. The molecule has 0 amide bonds. The van der Waals surface area contributed by atoms with Crippen molar-refractivity contribution in [3.8, 4) is 0 Å². The second-order valence-electron chi connectivity index (χ2n) is 1.27. The Labute approximate surface area is 43.8 Å². The third-order valence-electron chi connectivity index (χ3n) is 0.745. The number of rotatable bonds is 2. The van der Waals surface area contributed by atoms with Gasteiger partial charge in [0.25, 0.3) is 0 Å². The Hall–Kier alpha value is -0.570. The zero-order chi connectivity index (χ0) is 6.73. The van der Waals surface area contributed by atoms with Gasteiger partial charge in [-0.25, -0.2) is 0 Å². The van der Waals surface area contributed by atoms with Gasteiger partial charge in [0.15, 0.2) is 0 Å². The number of carboxylic acid groups (broad SMARTS) is 1. The van der Waals surface area contributed by atoms with Gasteiger partial charge in [-0.05, 0) is 14.0 Å². The number of nitrogens with one attached hydrogen (secondary N) is 1. The van der Waals surface area contributed by atoms with E-state index in [1.54, 1.807) is 0 Å². The van der Waals surface area contributed by atoms with Crippen LogP contribution in [0.1, 0.15) is 6.92 Å². The minimum atomic E-state index is -0.970. The van der Waals surface area contributed by atoms with Gasteiger partial charge in [-0.2, -0.15) is 0 Å². The monoisotopic (exact) mass is 104 g/mol. The van der Waals surface area contributed by atoms with Crippen LogP contribution >= 0.6 is 0 Å². The van der Waals surface area contributed by atoms with Gasteiger partial charge < -0.3 is 10.4 Å². The predicted octanol–water partition coefficient (Wildman–Crippen LogP) is -0.321. The molecule has 1 atom stereocenters. The normalized spacial score (nSPS) is 16.1. The van der Waals surface area contributed by atoms with Gasteiger partial charge in [0.2, 0.25) is 0 Å². The van der Waals surface area contributed by atoms with Crippen LogP contribution in [0.5, 0.6) is 0 Å². The Bertz CT molecular complexity index is 94.0. The average Bonchev–Trinajstić information content (AvgIpc) is 1.64. The molecule has 7 heavy (non-hydrogen) atoms. The quantitative estimate of drug-likeness (QED) is 0.504. The first-order valence-electron chi connectivity index (χ1n) is 2.45. The fourth-order valence-electron chi connectivity index (χ4n) is 0.110. The Morgan fingerprint density at radius 3 is 2.57 bits per heavy atom. The molecule has 0 unspecified atom stereocenters. The first-order chi connectivity index (χ1) is 3.55. The second kappa shape index (κ2) is 2.58. The molecule has 3 nitrogen and oxygen atoms in total. The van der Waals surface area contributed by atoms with Crippen LogP contribution in [-0.4, -0.2) is 24.2 Å². The molecule has 0 bridgehead atoms. The minimum Gasteiger partial charge on any atom is -0.480 e. The molecule has 0 aromatic heterocycles. The van der Waals surface area contributed by atoms with Gasteiger partial charge in [0, 0.05) is 0 Å². The van der Waals surface area contributed by atoms with Crippen molar-refractivity contribution in [3.05, 3.63) is 0 Å². The Morgan fingerprint density at radius 1 is 2.14 bits per heavy atom. The van der Waals surface area contributed by atoms with Gasteiger partial charge in [0.05, 0.1) is 0 Å². The lowest BCUT2D eigenvalue weighted by atomic mass is 10.4. The van der Waals surface area contributed by atoms with Crippen LogP contribution in [0.15, 0.2) is 0 Å². The Balaban J connectivity index is 3.64. The van der Waals surface area contributed by atoms with Gasteiger partial charge in [0.1, 0.15) is 7.45 Å². The highest BCUT2D eigenvalue weighted by Crippen LogP contribution is 1.74. The standard InChI is InChI=1S/C4H9NO2/c1-3(5-2)4(6)7/h3,5H,1-2H3,(H,6,7)/t3-/m0/s1/i/hD. The van der Waals surface area contributed by atoms with Gasteiger partial charge in [-0.3, -0.25) is 4.79 Å². The van der Waals surface area contributed by atoms with Crippen molar-refractivity contribution in [2.45, 2.75) is 13.0 Å². The van der Waals surface area contributed by atoms with E-state index >= 15 is 0 Å². The fraction of sp³-hybridized carbons (Fsp3) is 0.750. The summed E-state index contributed by atoms with van der Waals surface area (Å²) in [5.74, 6) is -0.970. The van der Waals surface area contributed by atoms with E-state index in [0.717, 1.165) is 5.31 Å². The third kappa shape index (κ3) is 2.17. The first-order valence-corrected chi connectivity index (χ1v) is 2.00. The van der Waals surface area contributed by atoms with E-state index in [2.05, 4.69) is 0 Å². The second-order valence-corrected chi connectivity index (χ2v) is 1.27. The number of likely N-dealkylation sites (N-methyl/N-ethyl adjacent to an activating group) is 1. The molecule has 0 fully saturated rings. The molecule has 3 heteroatoms. The molecule has 0 rings (SSSR count). The van der Waals surface area contributed by atoms with Crippen LogP contribution in [-0.2, 0) is 4.79 Å². The lowest BCUT2D eigenvalue weighted by Crippen LogP contribution is -2.29. The zero-order valence-electron chi connectivity index (χ0n) is 5.38. The molecule has 2 N–H and O–H groups in total. The SMILES string of the molecule is [2H]N(C)[C@@H](C)C(=O)O. The Morgan fingerprint density at radius 2 is 2.57 bits per heavy atom. The van der Waals surface area contributed by atoms with Gasteiger partial charge in [-0.1, -0.05) is 0 Å². The fourth-order valence-corrected chi connectivity index (χ4v) is 0.110. The van der Waals surface area contributed by atoms with E-state index in [1.165, 1.54) is 14.0 Å².